The van der Waals surface area contributed by atoms with Gasteiger partial charge in [0.2, 0.25) is 5.91 Å². The SMILES string of the molecule is CNC(=O)CCC(C=O)N1Cc2ccccc2C1=O. The molecule has 19 heavy (non-hydrogen) atoms. The number of benzene rings is 1. The van der Waals surface area contributed by atoms with E-state index in [1.807, 2.05) is 12.1 Å². The molecule has 0 aliphatic carbocycles. The molecule has 5 nitrogen and oxygen atoms in total. The minimum atomic E-state index is -0.544. The van der Waals surface area contributed by atoms with Crippen LogP contribution in [-0.4, -0.2) is 36.1 Å². The smallest absolute Gasteiger partial charge is 0.255 e. The van der Waals surface area contributed by atoms with E-state index in [1.165, 1.54) is 4.90 Å². The molecule has 1 aliphatic rings. The quantitative estimate of drug-likeness (QED) is 0.794. The second-order valence-electron chi connectivity index (χ2n) is 4.51. The van der Waals surface area contributed by atoms with Gasteiger partial charge in [-0.25, -0.2) is 0 Å². The van der Waals surface area contributed by atoms with Crippen LogP contribution in [0, 0.1) is 0 Å². The number of nitrogens with zero attached hydrogens (tertiary/aromatic N) is 1. The highest BCUT2D eigenvalue weighted by atomic mass is 16.2. The Bertz CT molecular complexity index is 513. The molecule has 1 heterocycles. The van der Waals surface area contributed by atoms with Gasteiger partial charge in [0.25, 0.3) is 5.91 Å². The number of carbonyl (C=O) groups is 3. The molecule has 1 aliphatic heterocycles. The van der Waals surface area contributed by atoms with Gasteiger partial charge in [0.05, 0.1) is 6.04 Å². The largest absolute Gasteiger partial charge is 0.359 e. The highest BCUT2D eigenvalue weighted by Crippen LogP contribution is 2.25. The first-order valence-electron chi connectivity index (χ1n) is 6.22. The first-order chi connectivity index (χ1) is 9.17. The molecule has 0 fully saturated rings. The second kappa shape index (κ2) is 5.65. The highest BCUT2D eigenvalue weighted by Gasteiger charge is 2.32. The summed E-state index contributed by atoms with van der Waals surface area (Å²) in [7, 11) is 1.55. The van der Waals surface area contributed by atoms with E-state index in [4.69, 9.17) is 0 Å². The number of amides is 2. The predicted molar refractivity (Wildman–Crippen MR) is 69.5 cm³/mol. The average Bonchev–Trinajstić information content (AvgIpc) is 2.77. The van der Waals surface area contributed by atoms with Crippen LogP contribution in [0.1, 0.15) is 28.8 Å². The van der Waals surface area contributed by atoms with Gasteiger partial charge < -0.3 is 15.0 Å². The normalized spacial score (nSPS) is 15.0. The van der Waals surface area contributed by atoms with Gasteiger partial charge >= 0.3 is 0 Å². The van der Waals surface area contributed by atoms with Crippen molar-refractivity contribution in [2.75, 3.05) is 7.05 Å². The van der Waals surface area contributed by atoms with E-state index < -0.39 is 6.04 Å². The third-order valence-corrected chi connectivity index (χ3v) is 3.35. The van der Waals surface area contributed by atoms with E-state index >= 15 is 0 Å². The average molecular weight is 260 g/mol. The van der Waals surface area contributed by atoms with Gasteiger partial charge in [0.15, 0.2) is 0 Å². The lowest BCUT2D eigenvalue weighted by atomic mass is 10.1. The number of hydrogen-bond acceptors (Lipinski definition) is 3. The first-order valence-corrected chi connectivity index (χ1v) is 6.22. The van der Waals surface area contributed by atoms with Crippen molar-refractivity contribution >= 4 is 18.1 Å². The Labute approximate surface area is 111 Å². The summed E-state index contributed by atoms with van der Waals surface area (Å²) in [6, 6.07) is 6.78. The van der Waals surface area contributed by atoms with Crippen molar-refractivity contribution in [2.24, 2.45) is 0 Å². The molecule has 2 rings (SSSR count). The van der Waals surface area contributed by atoms with Crippen molar-refractivity contribution in [1.82, 2.24) is 10.2 Å². The Kier molecular flexibility index (Phi) is 3.94. The fourth-order valence-electron chi connectivity index (χ4n) is 2.25. The Morgan fingerprint density at radius 1 is 1.47 bits per heavy atom. The fraction of sp³-hybridized carbons (Fsp3) is 0.357. The van der Waals surface area contributed by atoms with E-state index in [2.05, 4.69) is 5.32 Å². The van der Waals surface area contributed by atoms with Crippen molar-refractivity contribution in [3.8, 4) is 0 Å². The number of rotatable bonds is 5. The molecule has 1 N–H and O–H groups in total. The summed E-state index contributed by atoms with van der Waals surface area (Å²) in [4.78, 5) is 36.1. The fourth-order valence-corrected chi connectivity index (χ4v) is 2.25. The molecular formula is C14H16N2O3. The zero-order valence-corrected chi connectivity index (χ0v) is 10.8. The van der Waals surface area contributed by atoms with Gasteiger partial charge in [0, 0.05) is 25.6 Å². The van der Waals surface area contributed by atoms with Gasteiger partial charge in [0.1, 0.15) is 6.29 Å². The van der Waals surface area contributed by atoms with Crippen LogP contribution in [0.4, 0.5) is 0 Å². The van der Waals surface area contributed by atoms with Crippen molar-refractivity contribution in [1.29, 1.82) is 0 Å². The monoisotopic (exact) mass is 260 g/mol. The minimum Gasteiger partial charge on any atom is -0.359 e. The molecule has 2 amide bonds. The second-order valence-corrected chi connectivity index (χ2v) is 4.51. The zero-order chi connectivity index (χ0) is 13.8. The van der Waals surface area contributed by atoms with E-state index in [1.54, 1.807) is 19.2 Å². The molecule has 1 aromatic rings. The van der Waals surface area contributed by atoms with E-state index in [0.717, 1.165) is 11.8 Å². The maximum Gasteiger partial charge on any atom is 0.255 e. The molecule has 0 radical (unpaired) electrons. The summed E-state index contributed by atoms with van der Waals surface area (Å²) < 4.78 is 0. The van der Waals surface area contributed by atoms with Gasteiger partial charge in [-0.3, -0.25) is 9.59 Å². The third kappa shape index (κ3) is 2.65. The van der Waals surface area contributed by atoms with Crippen LogP contribution >= 0.6 is 0 Å². The predicted octanol–water partition coefficient (Wildman–Crippen LogP) is 0.736. The van der Waals surface area contributed by atoms with Crippen LogP contribution in [0.3, 0.4) is 0 Å². The molecule has 0 spiro atoms. The molecule has 0 aromatic heterocycles. The summed E-state index contributed by atoms with van der Waals surface area (Å²) in [5.74, 6) is -0.263. The number of nitrogens with one attached hydrogen (secondary N) is 1. The van der Waals surface area contributed by atoms with Gasteiger partial charge in [-0.15, -0.1) is 0 Å². The Hall–Kier alpha value is -2.17. The van der Waals surface area contributed by atoms with Gasteiger partial charge in [-0.05, 0) is 18.1 Å². The van der Waals surface area contributed by atoms with Crippen molar-refractivity contribution in [2.45, 2.75) is 25.4 Å². The molecule has 1 unspecified atom stereocenters. The summed E-state index contributed by atoms with van der Waals surface area (Å²) in [6.45, 7) is 0.437. The first kappa shape index (κ1) is 13.3. The molecule has 5 heteroatoms. The van der Waals surface area contributed by atoms with E-state index in [9.17, 15) is 14.4 Å². The van der Waals surface area contributed by atoms with Crippen LogP contribution in [0.25, 0.3) is 0 Å². The van der Waals surface area contributed by atoms with Crippen LogP contribution < -0.4 is 5.32 Å². The zero-order valence-electron chi connectivity index (χ0n) is 10.8. The van der Waals surface area contributed by atoms with Gasteiger partial charge in [-0.2, -0.15) is 0 Å². The highest BCUT2D eigenvalue weighted by molar-refractivity contribution is 5.99. The minimum absolute atomic E-state index is 0.129. The van der Waals surface area contributed by atoms with Gasteiger partial charge in [-0.1, -0.05) is 18.2 Å². The lowest BCUT2D eigenvalue weighted by Gasteiger charge is -2.22. The Balaban J connectivity index is 2.08. The summed E-state index contributed by atoms with van der Waals surface area (Å²) in [5.41, 5.74) is 1.58. The number of aldehydes is 1. The summed E-state index contributed by atoms with van der Waals surface area (Å²) >= 11 is 0. The van der Waals surface area contributed by atoms with Crippen molar-refractivity contribution in [3.05, 3.63) is 35.4 Å². The molecule has 100 valence electrons. The molecule has 0 bridgehead atoms. The summed E-state index contributed by atoms with van der Waals surface area (Å²) in [5, 5.41) is 2.51. The lowest BCUT2D eigenvalue weighted by Crippen LogP contribution is -2.37. The standard InChI is InChI=1S/C14H16N2O3/c1-15-13(18)7-6-11(9-17)16-8-10-4-2-3-5-12(10)14(16)19/h2-5,9,11H,6-8H2,1H3,(H,15,18). The van der Waals surface area contributed by atoms with Crippen LogP contribution in [-0.2, 0) is 16.1 Å². The summed E-state index contributed by atoms with van der Waals surface area (Å²) in [6.07, 6.45) is 1.33. The number of hydrogen-bond donors (Lipinski definition) is 1. The Morgan fingerprint density at radius 3 is 2.84 bits per heavy atom. The molecular weight excluding hydrogens is 244 g/mol. The topological polar surface area (TPSA) is 66.5 Å². The molecule has 1 atom stereocenters. The van der Waals surface area contributed by atoms with Crippen molar-refractivity contribution < 1.29 is 14.4 Å². The van der Waals surface area contributed by atoms with Crippen LogP contribution in [0.2, 0.25) is 0 Å². The van der Waals surface area contributed by atoms with E-state index in [0.29, 0.717) is 18.5 Å². The third-order valence-electron chi connectivity index (χ3n) is 3.35. The van der Waals surface area contributed by atoms with Crippen LogP contribution in [0.15, 0.2) is 24.3 Å². The molecule has 0 saturated carbocycles. The lowest BCUT2D eigenvalue weighted by molar-refractivity contribution is -0.121. The van der Waals surface area contributed by atoms with Crippen molar-refractivity contribution in [3.63, 3.8) is 0 Å². The molecule has 1 aromatic carbocycles. The number of carbonyl (C=O) groups excluding carboxylic acids is 3. The van der Waals surface area contributed by atoms with Crippen LogP contribution in [0.5, 0.6) is 0 Å². The Morgan fingerprint density at radius 2 is 2.21 bits per heavy atom. The van der Waals surface area contributed by atoms with E-state index in [-0.39, 0.29) is 18.2 Å². The maximum absolute atomic E-state index is 12.2. The number of fused-ring (bicyclic) bond motifs is 1. The maximum atomic E-state index is 12.2. The molecule has 0 saturated heterocycles.